The van der Waals surface area contributed by atoms with Crippen LogP contribution in [0.3, 0.4) is 0 Å². The molecule has 0 aromatic heterocycles. The molecule has 9 heteroatoms. The van der Waals surface area contributed by atoms with Gasteiger partial charge in [-0.1, -0.05) is 42.5 Å². The molecular formula is C23H25N3O6. The molecule has 3 amide bonds. The van der Waals surface area contributed by atoms with E-state index in [4.69, 9.17) is 4.74 Å². The summed E-state index contributed by atoms with van der Waals surface area (Å²) in [6.45, 7) is 1.84. The summed E-state index contributed by atoms with van der Waals surface area (Å²) >= 11 is 0. The highest BCUT2D eigenvalue weighted by Crippen LogP contribution is 2.19. The number of rotatable bonds is 4. The molecule has 0 saturated heterocycles. The summed E-state index contributed by atoms with van der Waals surface area (Å²) < 4.78 is 5.73. The number of benzene rings is 2. The largest absolute Gasteiger partial charge is 0.491 e. The van der Waals surface area contributed by atoms with E-state index in [2.05, 4.69) is 16.0 Å². The van der Waals surface area contributed by atoms with E-state index in [0.717, 1.165) is 5.56 Å². The number of carboxylic acids is 1. The average Bonchev–Trinajstić information content (AvgIpc) is 2.77. The van der Waals surface area contributed by atoms with E-state index in [1.807, 2.05) is 30.3 Å². The normalized spacial score (nSPS) is 21.9. The molecule has 1 aliphatic rings. The first-order valence-corrected chi connectivity index (χ1v) is 10.2. The van der Waals surface area contributed by atoms with Crippen LogP contribution in [0.5, 0.6) is 5.75 Å². The molecular weight excluding hydrogens is 414 g/mol. The van der Waals surface area contributed by atoms with Gasteiger partial charge in [-0.25, -0.2) is 0 Å². The van der Waals surface area contributed by atoms with Crippen molar-refractivity contribution < 1.29 is 29.0 Å². The van der Waals surface area contributed by atoms with Crippen LogP contribution >= 0.6 is 0 Å². The second kappa shape index (κ2) is 10.4. The van der Waals surface area contributed by atoms with Crippen molar-refractivity contribution in [1.82, 2.24) is 16.0 Å². The van der Waals surface area contributed by atoms with Gasteiger partial charge in [-0.2, -0.15) is 0 Å². The van der Waals surface area contributed by atoms with Gasteiger partial charge in [-0.3, -0.25) is 19.2 Å². The number of nitrogens with one attached hydrogen (secondary N) is 3. The maximum absolute atomic E-state index is 12.9. The van der Waals surface area contributed by atoms with Gasteiger partial charge < -0.3 is 25.8 Å². The fourth-order valence-corrected chi connectivity index (χ4v) is 3.33. The van der Waals surface area contributed by atoms with Gasteiger partial charge in [0.1, 0.15) is 24.4 Å². The van der Waals surface area contributed by atoms with E-state index >= 15 is 0 Å². The SMILES string of the molecule is C[C@@H]1COc2ccccc2C(=O)N[C@@H](CC(=O)O)C(=O)N[C@H](Cc2ccccc2)C(=O)N1. The van der Waals surface area contributed by atoms with E-state index < -0.39 is 48.2 Å². The Bertz CT molecular complexity index is 994. The van der Waals surface area contributed by atoms with E-state index in [0.29, 0.717) is 0 Å². The number of hydrogen-bond donors (Lipinski definition) is 4. The van der Waals surface area contributed by atoms with E-state index in [1.54, 1.807) is 25.1 Å². The highest BCUT2D eigenvalue weighted by Gasteiger charge is 2.30. The lowest BCUT2D eigenvalue weighted by molar-refractivity contribution is -0.140. The van der Waals surface area contributed by atoms with Gasteiger partial charge in [0, 0.05) is 6.42 Å². The molecule has 2 aromatic rings. The zero-order valence-electron chi connectivity index (χ0n) is 17.5. The fraction of sp³-hybridized carbons (Fsp3) is 0.304. The van der Waals surface area contributed by atoms with Gasteiger partial charge in [-0.05, 0) is 24.6 Å². The van der Waals surface area contributed by atoms with Crippen LogP contribution in [-0.2, 0) is 20.8 Å². The Balaban J connectivity index is 1.93. The van der Waals surface area contributed by atoms with Crippen LogP contribution in [-0.4, -0.2) is 53.5 Å². The Morgan fingerprint density at radius 1 is 0.938 bits per heavy atom. The Hall–Kier alpha value is -3.88. The van der Waals surface area contributed by atoms with Crippen molar-refractivity contribution in [3.8, 4) is 5.75 Å². The molecule has 9 nitrogen and oxygen atoms in total. The van der Waals surface area contributed by atoms with Crippen molar-refractivity contribution >= 4 is 23.7 Å². The standard InChI is InChI=1S/C23H25N3O6/c1-14-13-32-19-10-6-5-9-16(19)21(29)25-18(12-20(27)28)23(31)26-17(22(30)24-14)11-15-7-3-2-4-8-15/h2-10,14,17-18H,11-13H2,1H3,(H,24,30)(H,25,29)(H,26,31)(H,27,28)/t14-,17-,18+/m1/s1. The van der Waals surface area contributed by atoms with Gasteiger partial charge >= 0.3 is 5.97 Å². The lowest BCUT2D eigenvalue weighted by atomic mass is 10.0. The lowest BCUT2D eigenvalue weighted by Crippen LogP contribution is -2.56. The quantitative estimate of drug-likeness (QED) is 0.559. The smallest absolute Gasteiger partial charge is 0.305 e. The van der Waals surface area contributed by atoms with Crippen molar-refractivity contribution in [3.05, 3.63) is 65.7 Å². The number of ether oxygens (including phenoxy) is 1. The van der Waals surface area contributed by atoms with E-state index in [9.17, 15) is 24.3 Å². The van der Waals surface area contributed by atoms with Crippen LogP contribution in [0.15, 0.2) is 54.6 Å². The highest BCUT2D eigenvalue weighted by molar-refractivity contribution is 6.01. The summed E-state index contributed by atoms with van der Waals surface area (Å²) in [5.41, 5.74) is 0.974. The number of amides is 3. The number of fused-ring (bicyclic) bond motifs is 1. The molecule has 3 rings (SSSR count). The minimum atomic E-state index is -1.38. The van der Waals surface area contributed by atoms with Crippen LogP contribution < -0.4 is 20.7 Å². The third-order valence-electron chi connectivity index (χ3n) is 4.93. The number of carbonyl (C=O) groups excluding carboxylic acids is 3. The minimum Gasteiger partial charge on any atom is -0.491 e. The molecule has 1 heterocycles. The van der Waals surface area contributed by atoms with E-state index in [1.165, 1.54) is 6.07 Å². The summed E-state index contributed by atoms with van der Waals surface area (Å²) in [7, 11) is 0. The van der Waals surface area contributed by atoms with Crippen LogP contribution in [0, 0.1) is 0 Å². The highest BCUT2D eigenvalue weighted by atomic mass is 16.5. The van der Waals surface area contributed by atoms with Crippen molar-refractivity contribution in [3.63, 3.8) is 0 Å². The first-order chi connectivity index (χ1) is 15.3. The molecule has 0 radical (unpaired) electrons. The molecule has 0 fully saturated rings. The monoisotopic (exact) mass is 439 g/mol. The second-order valence-electron chi connectivity index (χ2n) is 7.59. The third-order valence-corrected chi connectivity index (χ3v) is 4.93. The Morgan fingerprint density at radius 3 is 2.31 bits per heavy atom. The number of aliphatic carboxylic acids is 1. The number of para-hydroxylation sites is 1. The lowest BCUT2D eigenvalue weighted by Gasteiger charge is -2.23. The van der Waals surface area contributed by atoms with Gasteiger partial charge in [0.05, 0.1) is 18.0 Å². The summed E-state index contributed by atoms with van der Waals surface area (Å²) in [5.74, 6) is -2.85. The predicted octanol–water partition coefficient (Wildman–Crippen LogP) is 0.884. The Kier molecular flexibility index (Phi) is 7.43. The molecule has 4 N–H and O–H groups in total. The summed E-state index contributed by atoms with van der Waals surface area (Å²) in [6, 6.07) is 12.8. The maximum atomic E-state index is 12.9. The van der Waals surface area contributed by atoms with Crippen LogP contribution in [0.2, 0.25) is 0 Å². The van der Waals surface area contributed by atoms with Gasteiger partial charge in [0.2, 0.25) is 11.8 Å². The molecule has 3 atom stereocenters. The topological polar surface area (TPSA) is 134 Å². The Labute approximate surface area is 185 Å². The number of carboxylic acid groups (broad SMARTS) is 1. The molecule has 0 bridgehead atoms. The van der Waals surface area contributed by atoms with Gasteiger partial charge in [0.15, 0.2) is 0 Å². The number of hydrogen-bond acceptors (Lipinski definition) is 5. The van der Waals surface area contributed by atoms with Crippen molar-refractivity contribution in [2.24, 2.45) is 0 Å². The van der Waals surface area contributed by atoms with Crippen LogP contribution in [0.25, 0.3) is 0 Å². The van der Waals surface area contributed by atoms with Gasteiger partial charge in [-0.15, -0.1) is 0 Å². The van der Waals surface area contributed by atoms with Crippen LogP contribution in [0.4, 0.5) is 0 Å². The minimum absolute atomic E-state index is 0.0978. The molecule has 2 aromatic carbocycles. The first-order valence-electron chi connectivity index (χ1n) is 10.2. The molecule has 0 aliphatic carbocycles. The molecule has 0 unspecified atom stereocenters. The number of carbonyl (C=O) groups is 4. The van der Waals surface area contributed by atoms with Crippen molar-refractivity contribution in [1.29, 1.82) is 0 Å². The fourth-order valence-electron chi connectivity index (χ4n) is 3.33. The summed E-state index contributed by atoms with van der Waals surface area (Å²) in [4.78, 5) is 50.0. The van der Waals surface area contributed by atoms with Crippen LogP contribution in [0.1, 0.15) is 29.3 Å². The molecule has 0 saturated carbocycles. The zero-order chi connectivity index (χ0) is 23.1. The molecule has 1 aliphatic heterocycles. The van der Waals surface area contributed by atoms with Crippen molar-refractivity contribution in [2.45, 2.75) is 37.9 Å². The predicted molar refractivity (Wildman–Crippen MR) is 115 cm³/mol. The summed E-state index contributed by atoms with van der Waals surface area (Å²) in [5, 5.41) is 17.1. The van der Waals surface area contributed by atoms with Gasteiger partial charge in [0.25, 0.3) is 5.91 Å². The zero-order valence-corrected chi connectivity index (χ0v) is 17.5. The maximum Gasteiger partial charge on any atom is 0.305 e. The van der Waals surface area contributed by atoms with Crippen molar-refractivity contribution in [2.75, 3.05) is 6.61 Å². The molecule has 168 valence electrons. The second-order valence-corrected chi connectivity index (χ2v) is 7.59. The molecule has 32 heavy (non-hydrogen) atoms. The average molecular weight is 439 g/mol. The first kappa shape index (κ1) is 22.8. The molecule has 0 spiro atoms. The van der Waals surface area contributed by atoms with E-state index in [-0.39, 0.29) is 24.3 Å². The third kappa shape index (κ3) is 6.07. The Morgan fingerprint density at radius 2 is 1.59 bits per heavy atom. The summed E-state index contributed by atoms with van der Waals surface area (Å²) in [6.07, 6.45) is -0.448.